The first-order chi connectivity index (χ1) is 10.3. The smallest absolute Gasteiger partial charge is 0.251 e. The summed E-state index contributed by atoms with van der Waals surface area (Å²) in [5, 5.41) is 13.7. The maximum atomic E-state index is 11.5. The van der Waals surface area contributed by atoms with Gasteiger partial charge in [-0.1, -0.05) is 0 Å². The summed E-state index contributed by atoms with van der Waals surface area (Å²) >= 11 is 0. The summed E-state index contributed by atoms with van der Waals surface area (Å²) in [6, 6.07) is 7.11. The van der Waals surface area contributed by atoms with E-state index in [1.165, 1.54) is 0 Å². The SMILES string of the molecule is CNC(=O)c1ccc(Nc2ncc3c(n2)CCN=N3)cc1. The molecule has 3 rings (SSSR count). The molecule has 2 heterocycles. The van der Waals surface area contributed by atoms with Crippen LogP contribution in [0.15, 0.2) is 40.7 Å². The van der Waals surface area contributed by atoms with E-state index in [0.29, 0.717) is 18.1 Å². The van der Waals surface area contributed by atoms with Crippen molar-refractivity contribution in [3.05, 3.63) is 41.7 Å². The fraction of sp³-hybridized carbons (Fsp3) is 0.214. The monoisotopic (exact) mass is 282 g/mol. The highest BCUT2D eigenvalue weighted by atomic mass is 16.1. The van der Waals surface area contributed by atoms with E-state index in [-0.39, 0.29) is 5.91 Å². The topological polar surface area (TPSA) is 91.6 Å². The quantitative estimate of drug-likeness (QED) is 0.902. The largest absolute Gasteiger partial charge is 0.355 e. The van der Waals surface area contributed by atoms with E-state index in [2.05, 4.69) is 30.8 Å². The van der Waals surface area contributed by atoms with Crippen LogP contribution in [0.3, 0.4) is 0 Å². The second-order valence-electron chi connectivity index (χ2n) is 4.52. The van der Waals surface area contributed by atoms with Gasteiger partial charge in [-0.25, -0.2) is 9.97 Å². The van der Waals surface area contributed by atoms with Gasteiger partial charge in [0.2, 0.25) is 5.95 Å². The average molecular weight is 282 g/mol. The number of carbonyl (C=O) groups is 1. The fourth-order valence-corrected chi connectivity index (χ4v) is 2.00. The van der Waals surface area contributed by atoms with Gasteiger partial charge in [0.15, 0.2) is 0 Å². The van der Waals surface area contributed by atoms with Gasteiger partial charge in [0.25, 0.3) is 5.91 Å². The average Bonchev–Trinajstić information content (AvgIpc) is 2.55. The van der Waals surface area contributed by atoms with Crippen molar-refractivity contribution in [1.82, 2.24) is 15.3 Å². The van der Waals surface area contributed by atoms with Crippen LogP contribution >= 0.6 is 0 Å². The number of hydrogen-bond acceptors (Lipinski definition) is 6. The Kier molecular flexibility index (Phi) is 3.55. The number of fused-ring (bicyclic) bond motifs is 1. The number of aromatic nitrogens is 2. The Balaban J connectivity index is 1.77. The second-order valence-corrected chi connectivity index (χ2v) is 4.52. The van der Waals surface area contributed by atoms with Crippen LogP contribution in [0.25, 0.3) is 0 Å². The maximum absolute atomic E-state index is 11.5. The third-order valence-electron chi connectivity index (χ3n) is 3.10. The zero-order valence-electron chi connectivity index (χ0n) is 11.5. The van der Waals surface area contributed by atoms with Gasteiger partial charge in [-0.3, -0.25) is 4.79 Å². The van der Waals surface area contributed by atoms with E-state index >= 15 is 0 Å². The van der Waals surface area contributed by atoms with Gasteiger partial charge in [-0.05, 0) is 24.3 Å². The molecule has 0 saturated heterocycles. The zero-order chi connectivity index (χ0) is 14.7. The van der Waals surface area contributed by atoms with Crippen LogP contribution in [0.1, 0.15) is 16.1 Å². The molecule has 2 N–H and O–H groups in total. The van der Waals surface area contributed by atoms with Gasteiger partial charge in [0.1, 0.15) is 5.69 Å². The molecule has 2 aromatic rings. The van der Waals surface area contributed by atoms with E-state index in [9.17, 15) is 4.79 Å². The van der Waals surface area contributed by atoms with Gasteiger partial charge in [0, 0.05) is 24.7 Å². The normalized spacial score (nSPS) is 12.6. The number of hydrogen-bond donors (Lipinski definition) is 2. The molecule has 0 fully saturated rings. The molecule has 0 spiro atoms. The van der Waals surface area contributed by atoms with Crippen molar-refractivity contribution in [2.24, 2.45) is 10.2 Å². The lowest BCUT2D eigenvalue weighted by molar-refractivity contribution is 0.0963. The molecule has 0 saturated carbocycles. The van der Waals surface area contributed by atoms with E-state index in [1.807, 2.05) is 12.1 Å². The molecule has 0 bridgehead atoms. The summed E-state index contributed by atoms with van der Waals surface area (Å²) in [7, 11) is 1.60. The summed E-state index contributed by atoms with van der Waals surface area (Å²) < 4.78 is 0. The predicted molar refractivity (Wildman–Crippen MR) is 78.2 cm³/mol. The Labute approximate surface area is 121 Å². The molecule has 1 aliphatic rings. The van der Waals surface area contributed by atoms with Crippen molar-refractivity contribution in [1.29, 1.82) is 0 Å². The Hall–Kier alpha value is -2.83. The standard InChI is InChI=1S/C14H14N6O/c1-15-13(21)9-2-4-10(5-3-9)18-14-16-8-12-11(19-14)6-7-17-20-12/h2-5,8H,6-7H2,1H3,(H,15,21)(H,16,18,19). The van der Waals surface area contributed by atoms with Crippen LogP contribution in [0.4, 0.5) is 17.3 Å². The number of azo groups is 1. The van der Waals surface area contributed by atoms with Crippen LogP contribution in [0, 0.1) is 0 Å². The van der Waals surface area contributed by atoms with E-state index in [4.69, 9.17) is 0 Å². The third-order valence-corrected chi connectivity index (χ3v) is 3.10. The molecule has 1 amide bonds. The number of rotatable bonds is 3. The van der Waals surface area contributed by atoms with Gasteiger partial charge >= 0.3 is 0 Å². The van der Waals surface area contributed by atoms with Gasteiger partial charge < -0.3 is 10.6 Å². The molecular formula is C14H14N6O. The Bertz CT molecular complexity index is 695. The van der Waals surface area contributed by atoms with E-state index in [0.717, 1.165) is 23.5 Å². The Morgan fingerprint density at radius 2 is 2.05 bits per heavy atom. The third kappa shape index (κ3) is 2.86. The molecule has 7 heteroatoms. The van der Waals surface area contributed by atoms with Crippen LogP contribution in [-0.4, -0.2) is 29.5 Å². The molecule has 0 unspecified atom stereocenters. The number of anilines is 2. The summed E-state index contributed by atoms with van der Waals surface area (Å²) in [6.45, 7) is 0.657. The summed E-state index contributed by atoms with van der Waals surface area (Å²) in [5.74, 6) is 0.399. The first kappa shape index (κ1) is 13.2. The second kappa shape index (κ2) is 5.66. The van der Waals surface area contributed by atoms with Crippen molar-refractivity contribution in [2.45, 2.75) is 6.42 Å². The lowest BCUT2D eigenvalue weighted by Gasteiger charge is -2.10. The van der Waals surface area contributed by atoms with Crippen LogP contribution < -0.4 is 10.6 Å². The van der Waals surface area contributed by atoms with Gasteiger partial charge in [-0.2, -0.15) is 10.2 Å². The number of carbonyl (C=O) groups excluding carboxylic acids is 1. The molecule has 1 aliphatic heterocycles. The van der Waals surface area contributed by atoms with E-state index in [1.54, 1.807) is 25.4 Å². The first-order valence-electron chi connectivity index (χ1n) is 6.59. The molecule has 0 radical (unpaired) electrons. The minimum atomic E-state index is -0.114. The minimum Gasteiger partial charge on any atom is -0.355 e. The van der Waals surface area contributed by atoms with Crippen LogP contribution in [0.2, 0.25) is 0 Å². The first-order valence-corrected chi connectivity index (χ1v) is 6.59. The highest BCUT2D eigenvalue weighted by Crippen LogP contribution is 2.23. The lowest BCUT2D eigenvalue weighted by atomic mass is 10.2. The van der Waals surface area contributed by atoms with Crippen molar-refractivity contribution < 1.29 is 4.79 Å². The highest BCUT2D eigenvalue weighted by molar-refractivity contribution is 5.94. The zero-order valence-corrected chi connectivity index (χ0v) is 11.5. The molecule has 7 nitrogen and oxygen atoms in total. The molecular weight excluding hydrogens is 268 g/mol. The lowest BCUT2D eigenvalue weighted by Crippen LogP contribution is -2.17. The summed E-state index contributed by atoms with van der Waals surface area (Å²) in [6.07, 6.45) is 2.43. The number of amides is 1. The van der Waals surface area contributed by atoms with Crippen molar-refractivity contribution in [3.8, 4) is 0 Å². The van der Waals surface area contributed by atoms with Crippen molar-refractivity contribution in [2.75, 3.05) is 18.9 Å². The molecule has 1 aromatic carbocycles. The number of nitrogens with one attached hydrogen (secondary N) is 2. The fourth-order valence-electron chi connectivity index (χ4n) is 2.00. The molecule has 21 heavy (non-hydrogen) atoms. The minimum absolute atomic E-state index is 0.114. The Morgan fingerprint density at radius 3 is 2.81 bits per heavy atom. The highest BCUT2D eigenvalue weighted by Gasteiger charge is 2.10. The summed E-state index contributed by atoms with van der Waals surface area (Å²) in [5.41, 5.74) is 3.04. The van der Waals surface area contributed by atoms with Gasteiger partial charge in [-0.15, -0.1) is 0 Å². The molecule has 0 aliphatic carbocycles. The molecule has 106 valence electrons. The van der Waals surface area contributed by atoms with Crippen LogP contribution in [-0.2, 0) is 6.42 Å². The number of benzene rings is 1. The maximum Gasteiger partial charge on any atom is 0.251 e. The van der Waals surface area contributed by atoms with Crippen molar-refractivity contribution in [3.63, 3.8) is 0 Å². The number of nitrogens with zero attached hydrogens (tertiary/aromatic N) is 4. The molecule has 1 aromatic heterocycles. The van der Waals surface area contributed by atoms with Crippen LogP contribution in [0.5, 0.6) is 0 Å². The van der Waals surface area contributed by atoms with E-state index < -0.39 is 0 Å². The van der Waals surface area contributed by atoms with Crippen molar-refractivity contribution >= 4 is 23.2 Å². The summed E-state index contributed by atoms with van der Waals surface area (Å²) in [4.78, 5) is 20.1. The predicted octanol–water partition coefficient (Wildman–Crippen LogP) is 2.22. The molecule has 0 atom stereocenters. The van der Waals surface area contributed by atoms with Gasteiger partial charge in [0.05, 0.1) is 18.4 Å². The Morgan fingerprint density at radius 1 is 1.24 bits per heavy atom.